The topological polar surface area (TPSA) is 35.6 Å². The lowest BCUT2D eigenvalue weighted by molar-refractivity contribution is -0.130. The molecule has 1 unspecified atom stereocenters. The van der Waals surface area contributed by atoms with Crippen molar-refractivity contribution in [3.05, 3.63) is 0 Å². The molecule has 1 rings (SSSR count). The molecule has 0 aliphatic carbocycles. The third kappa shape index (κ3) is 4.18. The van der Waals surface area contributed by atoms with Gasteiger partial charge < -0.3 is 15.1 Å². The van der Waals surface area contributed by atoms with Crippen LogP contribution in [0.5, 0.6) is 0 Å². The Morgan fingerprint density at radius 3 is 2.93 bits per heavy atom. The first-order valence-corrected chi connectivity index (χ1v) is 5.79. The largest absolute Gasteiger partial charge is 0.346 e. The summed E-state index contributed by atoms with van der Waals surface area (Å²) in [6.45, 7) is 6.00. The fourth-order valence-electron chi connectivity index (χ4n) is 1.96. The van der Waals surface area contributed by atoms with E-state index in [9.17, 15) is 4.79 Å². The van der Waals surface area contributed by atoms with Crippen LogP contribution in [-0.4, -0.2) is 62.0 Å². The van der Waals surface area contributed by atoms with Gasteiger partial charge in [0, 0.05) is 45.7 Å². The maximum absolute atomic E-state index is 11.8. The smallest absolute Gasteiger partial charge is 0.223 e. The van der Waals surface area contributed by atoms with Crippen molar-refractivity contribution in [2.75, 3.05) is 40.3 Å². The number of rotatable bonds is 4. The zero-order valence-corrected chi connectivity index (χ0v) is 10.1. The lowest BCUT2D eigenvalue weighted by Gasteiger charge is -2.31. The minimum Gasteiger partial charge on any atom is -0.346 e. The van der Waals surface area contributed by atoms with Crippen molar-refractivity contribution >= 4 is 5.91 Å². The van der Waals surface area contributed by atoms with E-state index in [4.69, 9.17) is 0 Å². The molecular weight excluding hydrogens is 190 g/mol. The van der Waals surface area contributed by atoms with Crippen molar-refractivity contribution in [1.29, 1.82) is 0 Å². The number of carbonyl (C=O) groups excluding carboxylic acids is 1. The van der Waals surface area contributed by atoms with Crippen LogP contribution in [0.15, 0.2) is 0 Å². The van der Waals surface area contributed by atoms with Gasteiger partial charge in [-0.25, -0.2) is 0 Å². The van der Waals surface area contributed by atoms with Gasteiger partial charge >= 0.3 is 0 Å². The summed E-state index contributed by atoms with van der Waals surface area (Å²) < 4.78 is 0. The zero-order chi connectivity index (χ0) is 11.3. The second kappa shape index (κ2) is 6.08. The second-order valence-corrected chi connectivity index (χ2v) is 4.43. The molecule has 0 bridgehead atoms. The summed E-state index contributed by atoms with van der Waals surface area (Å²) in [7, 11) is 3.99. The van der Waals surface area contributed by atoms with Gasteiger partial charge in [-0.3, -0.25) is 4.79 Å². The highest BCUT2D eigenvalue weighted by atomic mass is 16.2. The molecule has 1 fully saturated rings. The molecule has 15 heavy (non-hydrogen) atoms. The van der Waals surface area contributed by atoms with Crippen LogP contribution in [0, 0.1) is 0 Å². The quantitative estimate of drug-likeness (QED) is 0.722. The fraction of sp³-hybridized carbons (Fsp3) is 0.909. The molecule has 1 amide bonds. The molecule has 0 aromatic carbocycles. The van der Waals surface area contributed by atoms with E-state index in [1.54, 1.807) is 0 Å². The van der Waals surface area contributed by atoms with Gasteiger partial charge in [0.05, 0.1) is 0 Å². The van der Waals surface area contributed by atoms with Gasteiger partial charge in [-0.15, -0.1) is 0 Å². The summed E-state index contributed by atoms with van der Waals surface area (Å²) in [6.07, 6.45) is 1.65. The Morgan fingerprint density at radius 2 is 2.33 bits per heavy atom. The number of carbonyl (C=O) groups is 1. The minimum absolute atomic E-state index is 0.254. The molecule has 4 nitrogen and oxygen atoms in total. The monoisotopic (exact) mass is 213 g/mol. The number of nitrogens with zero attached hydrogens (tertiary/aromatic N) is 2. The van der Waals surface area contributed by atoms with Gasteiger partial charge in [0.25, 0.3) is 0 Å². The molecule has 1 heterocycles. The number of piperazine rings is 1. The van der Waals surface area contributed by atoms with E-state index in [0.29, 0.717) is 12.5 Å². The molecule has 1 aliphatic rings. The third-order valence-corrected chi connectivity index (χ3v) is 2.86. The van der Waals surface area contributed by atoms with Crippen LogP contribution in [0.25, 0.3) is 0 Å². The fourth-order valence-corrected chi connectivity index (χ4v) is 1.96. The molecule has 1 N–H and O–H groups in total. The first kappa shape index (κ1) is 12.5. The van der Waals surface area contributed by atoms with Gasteiger partial charge in [-0.05, 0) is 13.5 Å². The van der Waals surface area contributed by atoms with E-state index in [2.05, 4.69) is 24.2 Å². The number of likely N-dealkylation sites (N-methyl/N-ethyl adjacent to an activating group) is 1. The average Bonchev–Trinajstić information content (AvgIpc) is 2.18. The summed E-state index contributed by atoms with van der Waals surface area (Å²) >= 11 is 0. The summed E-state index contributed by atoms with van der Waals surface area (Å²) in [6, 6.07) is 0.329. The van der Waals surface area contributed by atoms with Crippen molar-refractivity contribution < 1.29 is 4.79 Å². The Morgan fingerprint density at radius 1 is 1.60 bits per heavy atom. The molecular formula is C11H23N3O. The summed E-state index contributed by atoms with van der Waals surface area (Å²) in [4.78, 5) is 15.9. The van der Waals surface area contributed by atoms with Crippen molar-refractivity contribution in [2.45, 2.75) is 25.8 Å². The van der Waals surface area contributed by atoms with Crippen molar-refractivity contribution in [2.24, 2.45) is 0 Å². The highest BCUT2D eigenvalue weighted by molar-refractivity contribution is 5.76. The number of hydrogen-bond acceptors (Lipinski definition) is 3. The second-order valence-electron chi connectivity index (χ2n) is 4.43. The Bertz CT molecular complexity index is 208. The highest BCUT2D eigenvalue weighted by Crippen LogP contribution is 2.03. The summed E-state index contributed by atoms with van der Waals surface area (Å²) in [5.74, 6) is 0.254. The first-order valence-electron chi connectivity index (χ1n) is 5.79. The Hall–Kier alpha value is -0.610. The number of nitrogens with one attached hydrogen (secondary N) is 1. The molecule has 0 aromatic heterocycles. The molecule has 0 spiro atoms. The van der Waals surface area contributed by atoms with Crippen molar-refractivity contribution in [3.63, 3.8) is 0 Å². The van der Waals surface area contributed by atoms with E-state index in [1.807, 2.05) is 11.9 Å². The van der Waals surface area contributed by atoms with Crippen LogP contribution >= 0.6 is 0 Å². The molecule has 0 radical (unpaired) electrons. The van der Waals surface area contributed by atoms with Crippen LogP contribution in [-0.2, 0) is 4.79 Å². The minimum atomic E-state index is 0.254. The first-order chi connectivity index (χ1) is 7.13. The van der Waals surface area contributed by atoms with Gasteiger partial charge in [0.2, 0.25) is 5.91 Å². The molecule has 88 valence electrons. The van der Waals surface area contributed by atoms with Crippen LogP contribution < -0.4 is 5.32 Å². The van der Waals surface area contributed by atoms with E-state index in [0.717, 1.165) is 32.6 Å². The summed E-state index contributed by atoms with van der Waals surface area (Å²) in [5, 5.41) is 3.39. The predicted octanol–water partition coefficient (Wildman–Crippen LogP) is 0.149. The standard InChI is InChI=1S/C11H23N3O/c1-4-6-14(3)11(15)8-10-9-13(2)7-5-12-10/h10,12H,4-9H2,1-3H3. The predicted molar refractivity (Wildman–Crippen MR) is 61.8 cm³/mol. The van der Waals surface area contributed by atoms with Crippen LogP contribution in [0.3, 0.4) is 0 Å². The molecule has 1 aliphatic heterocycles. The zero-order valence-electron chi connectivity index (χ0n) is 10.1. The van der Waals surface area contributed by atoms with E-state index >= 15 is 0 Å². The summed E-state index contributed by atoms with van der Waals surface area (Å²) in [5.41, 5.74) is 0. The lowest BCUT2D eigenvalue weighted by atomic mass is 10.1. The van der Waals surface area contributed by atoms with Crippen molar-refractivity contribution in [1.82, 2.24) is 15.1 Å². The van der Waals surface area contributed by atoms with Crippen LogP contribution in [0.2, 0.25) is 0 Å². The molecule has 0 aromatic rings. The van der Waals surface area contributed by atoms with Crippen molar-refractivity contribution in [3.8, 4) is 0 Å². The normalized spacial score (nSPS) is 22.7. The highest BCUT2D eigenvalue weighted by Gasteiger charge is 2.20. The third-order valence-electron chi connectivity index (χ3n) is 2.86. The van der Waals surface area contributed by atoms with Gasteiger partial charge in [0.15, 0.2) is 0 Å². The lowest BCUT2D eigenvalue weighted by Crippen LogP contribution is -2.50. The molecule has 1 saturated heterocycles. The maximum Gasteiger partial charge on any atom is 0.223 e. The van der Waals surface area contributed by atoms with E-state index in [-0.39, 0.29) is 5.91 Å². The average molecular weight is 213 g/mol. The SMILES string of the molecule is CCCN(C)C(=O)CC1CN(C)CCN1. The number of hydrogen-bond donors (Lipinski definition) is 1. The van der Waals surface area contributed by atoms with Gasteiger partial charge in [-0.2, -0.15) is 0 Å². The molecule has 0 saturated carbocycles. The maximum atomic E-state index is 11.8. The van der Waals surface area contributed by atoms with Crippen LogP contribution in [0.1, 0.15) is 19.8 Å². The van der Waals surface area contributed by atoms with Gasteiger partial charge in [0.1, 0.15) is 0 Å². The Labute approximate surface area is 92.6 Å². The van der Waals surface area contributed by atoms with E-state index in [1.165, 1.54) is 0 Å². The Balaban J connectivity index is 2.30. The number of amides is 1. The van der Waals surface area contributed by atoms with Crippen LogP contribution in [0.4, 0.5) is 0 Å². The molecule has 4 heteroatoms. The Kier molecular flexibility index (Phi) is 5.05. The molecule has 1 atom stereocenters. The van der Waals surface area contributed by atoms with Gasteiger partial charge in [-0.1, -0.05) is 6.92 Å². The van der Waals surface area contributed by atoms with E-state index < -0.39 is 0 Å².